The topological polar surface area (TPSA) is 0 Å². The van der Waals surface area contributed by atoms with Gasteiger partial charge in [0.15, 0.2) is 0 Å². The SMILES string of the molecule is C1=CC(SC2=CCCC=C2)=CC1. The van der Waals surface area contributed by atoms with Gasteiger partial charge in [0, 0.05) is 9.81 Å². The molecule has 0 unspecified atom stereocenters. The van der Waals surface area contributed by atoms with Crippen molar-refractivity contribution in [3.63, 3.8) is 0 Å². The molecular formula is C11H12S. The highest BCUT2D eigenvalue weighted by Crippen LogP contribution is 2.32. The molecule has 0 spiro atoms. The number of hydrogen-bond donors (Lipinski definition) is 0. The van der Waals surface area contributed by atoms with Crippen LogP contribution in [0.15, 0.2) is 46.3 Å². The normalized spacial score (nSPS) is 21.0. The second-order valence-electron chi connectivity index (χ2n) is 2.93. The van der Waals surface area contributed by atoms with Gasteiger partial charge < -0.3 is 0 Å². The predicted molar refractivity (Wildman–Crippen MR) is 55.9 cm³/mol. The number of hydrogen-bond acceptors (Lipinski definition) is 1. The van der Waals surface area contributed by atoms with Crippen molar-refractivity contribution >= 4 is 11.8 Å². The first kappa shape index (κ1) is 7.93. The Morgan fingerprint density at radius 3 is 2.42 bits per heavy atom. The summed E-state index contributed by atoms with van der Waals surface area (Å²) in [6.45, 7) is 0. The Hall–Kier alpha value is -0.690. The molecule has 0 amide bonds. The molecule has 0 saturated carbocycles. The van der Waals surface area contributed by atoms with Crippen LogP contribution in [-0.4, -0.2) is 0 Å². The minimum atomic E-state index is 1.11. The summed E-state index contributed by atoms with van der Waals surface area (Å²) in [5, 5.41) is 0. The fraction of sp³-hybridized carbons (Fsp3) is 0.273. The van der Waals surface area contributed by atoms with Crippen molar-refractivity contribution in [2.75, 3.05) is 0 Å². The van der Waals surface area contributed by atoms with Crippen LogP contribution in [0.2, 0.25) is 0 Å². The molecule has 2 aliphatic rings. The standard InChI is InChI=1S/C11H12S/c1-2-6-10(7-3-1)12-11-8-4-5-9-11/h2,4,6-9H,1,3,5H2. The maximum atomic E-state index is 2.32. The average Bonchev–Trinajstić information content (AvgIpc) is 2.59. The minimum absolute atomic E-state index is 1.11. The summed E-state index contributed by atoms with van der Waals surface area (Å²) in [7, 11) is 0. The average molecular weight is 176 g/mol. The molecule has 2 rings (SSSR count). The lowest BCUT2D eigenvalue weighted by Crippen LogP contribution is -1.79. The third-order valence-corrected chi connectivity index (χ3v) is 3.01. The lowest BCUT2D eigenvalue weighted by Gasteiger charge is -2.05. The zero-order valence-corrected chi connectivity index (χ0v) is 7.81. The second kappa shape index (κ2) is 3.81. The molecule has 0 aliphatic heterocycles. The van der Waals surface area contributed by atoms with Crippen LogP contribution in [0.3, 0.4) is 0 Å². The molecule has 0 aromatic carbocycles. The largest absolute Gasteiger partial charge is 0.0908 e. The van der Waals surface area contributed by atoms with Gasteiger partial charge in [-0.15, -0.1) is 0 Å². The molecule has 0 radical (unpaired) electrons. The Bertz CT molecular complexity index is 279. The van der Waals surface area contributed by atoms with E-state index in [4.69, 9.17) is 0 Å². The fourth-order valence-electron chi connectivity index (χ4n) is 1.31. The van der Waals surface area contributed by atoms with Gasteiger partial charge in [-0.1, -0.05) is 48.2 Å². The van der Waals surface area contributed by atoms with E-state index in [9.17, 15) is 0 Å². The summed E-state index contributed by atoms with van der Waals surface area (Å²) in [6.07, 6.45) is 17.0. The van der Waals surface area contributed by atoms with Gasteiger partial charge in [-0.05, 0) is 19.3 Å². The van der Waals surface area contributed by atoms with Crippen LogP contribution in [-0.2, 0) is 0 Å². The van der Waals surface area contributed by atoms with Crippen molar-refractivity contribution in [2.24, 2.45) is 0 Å². The lowest BCUT2D eigenvalue weighted by atomic mass is 10.2. The zero-order valence-electron chi connectivity index (χ0n) is 6.99. The van der Waals surface area contributed by atoms with Crippen molar-refractivity contribution in [2.45, 2.75) is 19.3 Å². The van der Waals surface area contributed by atoms with Crippen LogP contribution in [0.5, 0.6) is 0 Å². The van der Waals surface area contributed by atoms with E-state index < -0.39 is 0 Å². The fourth-order valence-corrected chi connectivity index (χ4v) is 2.29. The molecule has 0 heterocycles. The minimum Gasteiger partial charge on any atom is -0.0908 e. The van der Waals surface area contributed by atoms with Crippen molar-refractivity contribution in [1.29, 1.82) is 0 Å². The van der Waals surface area contributed by atoms with Gasteiger partial charge in [-0.25, -0.2) is 0 Å². The summed E-state index contributed by atoms with van der Waals surface area (Å²) in [6, 6.07) is 0. The molecule has 0 bridgehead atoms. The van der Waals surface area contributed by atoms with Crippen molar-refractivity contribution in [3.8, 4) is 0 Å². The maximum absolute atomic E-state index is 2.32. The Labute approximate surface area is 77.7 Å². The molecule has 0 aromatic rings. The van der Waals surface area contributed by atoms with Gasteiger partial charge in [0.25, 0.3) is 0 Å². The predicted octanol–water partition coefficient (Wildman–Crippen LogP) is 3.80. The molecule has 1 heteroatoms. The molecule has 2 aliphatic carbocycles. The van der Waals surface area contributed by atoms with Crippen LogP contribution in [0, 0.1) is 0 Å². The molecule has 0 aromatic heterocycles. The van der Waals surface area contributed by atoms with Crippen LogP contribution in [0.4, 0.5) is 0 Å². The van der Waals surface area contributed by atoms with E-state index in [-0.39, 0.29) is 0 Å². The van der Waals surface area contributed by atoms with E-state index in [0.717, 1.165) is 6.42 Å². The maximum Gasteiger partial charge on any atom is 0.00819 e. The summed E-state index contributed by atoms with van der Waals surface area (Å²) in [5.41, 5.74) is 0. The molecule has 12 heavy (non-hydrogen) atoms. The monoisotopic (exact) mass is 176 g/mol. The third kappa shape index (κ3) is 1.92. The first-order valence-corrected chi connectivity index (χ1v) is 5.18. The van der Waals surface area contributed by atoms with Crippen LogP contribution in [0.25, 0.3) is 0 Å². The molecule has 0 N–H and O–H groups in total. The van der Waals surface area contributed by atoms with E-state index in [1.807, 2.05) is 11.8 Å². The van der Waals surface area contributed by atoms with E-state index in [2.05, 4.69) is 36.5 Å². The number of allylic oxidation sites excluding steroid dienone is 6. The summed E-state index contributed by atoms with van der Waals surface area (Å²) >= 11 is 1.88. The zero-order chi connectivity index (χ0) is 8.23. The van der Waals surface area contributed by atoms with E-state index >= 15 is 0 Å². The number of rotatable bonds is 2. The van der Waals surface area contributed by atoms with Crippen molar-refractivity contribution in [3.05, 3.63) is 46.3 Å². The summed E-state index contributed by atoms with van der Waals surface area (Å²) in [4.78, 5) is 2.80. The van der Waals surface area contributed by atoms with E-state index in [0.29, 0.717) is 0 Å². The third-order valence-electron chi connectivity index (χ3n) is 1.93. The van der Waals surface area contributed by atoms with Crippen molar-refractivity contribution in [1.82, 2.24) is 0 Å². The Morgan fingerprint density at radius 1 is 0.917 bits per heavy atom. The Balaban J connectivity index is 1.98. The smallest absolute Gasteiger partial charge is 0.00819 e. The van der Waals surface area contributed by atoms with Gasteiger partial charge in [-0.2, -0.15) is 0 Å². The summed E-state index contributed by atoms with van der Waals surface area (Å²) < 4.78 is 0. The van der Waals surface area contributed by atoms with Crippen LogP contribution < -0.4 is 0 Å². The number of thioether (sulfide) groups is 1. The molecule has 0 saturated heterocycles. The summed E-state index contributed by atoms with van der Waals surface area (Å²) in [5.74, 6) is 0. The Kier molecular flexibility index (Phi) is 2.52. The van der Waals surface area contributed by atoms with Crippen molar-refractivity contribution < 1.29 is 0 Å². The van der Waals surface area contributed by atoms with Gasteiger partial charge >= 0.3 is 0 Å². The van der Waals surface area contributed by atoms with E-state index in [1.54, 1.807) is 0 Å². The molecule has 0 atom stereocenters. The van der Waals surface area contributed by atoms with Gasteiger partial charge in [-0.3, -0.25) is 0 Å². The molecule has 62 valence electrons. The highest BCUT2D eigenvalue weighted by atomic mass is 32.2. The van der Waals surface area contributed by atoms with E-state index in [1.165, 1.54) is 22.7 Å². The lowest BCUT2D eigenvalue weighted by molar-refractivity contribution is 1.03. The Morgan fingerprint density at radius 2 is 1.75 bits per heavy atom. The quantitative estimate of drug-likeness (QED) is 0.616. The first-order valence-electron chi connectivity index (χ1n) is 4.36. The van der Waals surface area contributed by atoms with Crippen LogP contribution in [0.1, 0.15) is 19.3 Å². The molecule has 0 nitrogen and oxygen atoms in total. The van der Waals surface area contributed by atoms with Gasteiger partial charge in [0.05, 0.1) is 0 Å². The second-order valence-corrected chi connectivity index (χ2v) is 4.08. The van der Waals surface area contributed by atoms with Crippen LogP contribution >= 0.6 is 11.8 Å². The molecular weight excluding hydrogens is 164 g/mol. The highest BCUT2D eigenvalue weighted by Gasteiger charge is 2.02. The van der Waals surface area contributed by atoms with Gasteiger partial charge in [0.2, 0.25) is 0 Å². The highest BCUT2D eigenvalue weighted by molar-refractivity contribution is 8.07. The first-order chi connectivity index (χ1) is 5.95. The van der Waals surface area contributed by atoms with Gasteiger partial charge in [0.1, 0.15) is 0 Å². The molecule has 0 fully saturated rings.